The minimum Gasteiger partial charge on any atom is -0.393 e. The van der Waals surface area contributed by atoms with Crippen molar-refractivity contribution >= 4 is 31.5 Å². The van der Waals surface area contributed by atoms with Gasteiger partial charge in [-0.1, -0.05) is 102 Å². The van der Waals surface area contributed by atoms with E-state index in [0.29, 0.717) is 24.8 Å². The lowest BCUT2D eigenvalue weighted by Crippen LogP contribution is -2.66. The van der Waals surface area contributed by atoms with E-state index in [1.54, 1.807) is 26.2 Å². The van der Waals surface area contributed by atoms with E-state index in [2.05, 4.69) is 59.1 Å². The zero-order valence-electron chi connectivity index (χ0n) is 51.4. The first-order valence-corrected chi connectivity index (χ1v) is 31.7. The van der Waals surface area contributed by atoms with Crippen molar-refractivity contribution in [2.24, 2.45) is 80.3 Å². The average molecular weight is 1120 g/mol. The number of likely N-dealkylation sites (N-methyl/N-ethyl adjacent to an activating group) is 2. The van der Waals surface area contributed by atoms with E-state index < -0.39 is 49.5 Å². The zero-order valence-corrected chi connectivity index (χ0v) is 52.3. The van der Waals surface area contributed by atoms with Gasteiger partial charge in [-0.3, -0.25) is 28.6 Å². The first-order valence-electron chi connectivity index (χ1n) is 30.1. The van der Waals surface area contributed by atoms with Gasteiger partial charge < -0.3 is 44.8 Å². The number of carbonyl (C=O) groups excluding carboxylic acids is 4. The van der Waals surface area contributed by atoms with Crippen molar-refractivity contribution in [2.75, 3.05) is 55.1 Å². The van der Waals surface area contributed by atoms with Gasteiger partial charge in [0, 0.05) is 34.4 Å². The maximum Gasteiger partial charge on any atom is 0.469 e. The highest BCUT2D eigenvalue weighted by atomic mass is 31.2. The van der Waals surface area contributed by atoms with Crippen molar-refractivity contribution in [3.05, 3.63) is 12.2 Å². The van der Waals surface area contributed by atoms with Crippen LogP contribution in [0.1, 0.15) is 173 Å². The number of nitrogens with zero attached hydrogens (tertiary/aromatic N) is 3. The van der Waals surface area contributed by atoms with Crippen LogP contribution in [0, 0.1) is 80.3 Å². The van der Waals surface area contributed by atoms with Crippen LogP contribution in [0.5, 0.6) is 0 Å². The van der Waals surface area contributed by atoms with Crippen LogP contribution in [0.15, 0.2) is 12.2 Å². The van der Waals surface area contributed by atoms with Crippen LogP contribution in [0.4, 0.5) is 0 Å². The molecule has 1 aliphatic heterocycles. The Kier molecular flexibility index (Phi) is 20.6. The van der Waals surface area contributed by atoms with Crippen LogP contribution in [-0.2, 0) is 37.7 Å². The Morgan fingerprint density at radius 1 is 0.808 bits per heavy atom. The number of hydrogen-bond donors (Lipinski definition) is 5. The molecule has 5 N–H and O–H groups in total. The molecule has 0 bridgehead atoms. The van der Waals surface area contributed by atoms with Gasteiger partial charge in [0.2, 0.25) is 23.6 Å². The van der Waals surface area contributed by atoms with Crippen LogP contribution in [0.2, 0.25) is 0 Å². The summed E-state index contributed by atoms with van der Waals surface area (Å²) in [5.41, 5.74) is 0.431. The molecule has 0 radical (unpaired) electrons. The first-order chi connectivity index (χ1) is 36.2. The monoisotopic (exact) mass is 1120 g/mol. The van der Waals surface area contributed by atoms with Gasteiger partial charge in [0.15, 0.2) is 0 Å². The third-order valence-corrected chi connectivity index (χ3v) is 23.5. The first kappa shape index (κ1) is 64.7. The molecule has 0 spiro atoms. The van der Waals surface area contributed by atoms with Crippen LogP contribution in [0.3, 0.4) is 0 Å². The molecule has 78 heavy (non-hydrogen) atoms. The lowest BCUT2D eigenvalue weighted by Gasteiger charge is -2.73. The topological polar surface area (TPSA) is 208 Å². The Morgan fingerprint density at radius 2 is 1.47 bits per heavy atom. The molecule has 5 saturated carbocycles. The van der Waals surface area contributed by atoms with E-state index in [-0.39, 0.29) is 113 Å². The van der Waals surface area contributed by atoms with Crippen LogP contribution >= 0.6 is 7.82 Å². The second kappa shape index (κ2) is 24.8. The lowest BCUT2D eigenvalue weighted by atomic mass is 9.32. The summed E-state index contributed by atoms with van der Waals surface area (Å²) in [5.74, 6) is -0.348. The molecule has 4 amide bonds. The fourth-order valence-corrected chi connectivity index (χ4v) is 19.0. The zero-order chi connectivity index (χ0) is 58.4. The number of phosphoric acid groups is 1. The van der Waals surface area contributed by atoms with Crippen LogP contribution < -0.4 is 10.6 Å². The molecule has 0 aromatic heterocycles. The Morgan fingerprint density at radius 3 is 2.05 bits per heavy atom. The SMILES string of the molecule is C=C(CNC(=O)[C@H](C)[C@@H](OC)C1CCCN1C(=O)C[C@@H](OC)[C@H]([C@@H](C)CC)N(C)C(=O)[C@@H](NC(=O)[C@H](C(C)C)N(C)C)C(C)C)[C@@H]1CC[C@]2(COP(=O)(O)O)CC[C@]3(C)C(CCC4[C@@]5(C)CC[C@H](O)C(C)(C)[C@@H]5CC[C@]43C)[C@@H]12. The molecule has 0 aromatic carbocycles. The highest BCUT2D eigenvalue weighted by Gasteiger charge is 2.71. The minimum absolute atomic E-state index is 0.00741. The number of rotatable bonds is 23. The van der Waals surface area contributed by atoms with Crippen molar-refractivity contribution in [2.45, 2.75) is 215 Å². The minimum atomic E-state index is -4.75. The normalized spacial score (nSPS) is 35.3. The van der Waals surface area contributed by atoms with Crippen molar-refractivity contribution < 1.29 is 52.6 Å². The smallest absolute Gasteiger partial charge is 0.393 e. The molecular formula is C61H108N5O11P. The number of phosphoric ester groups is 1. The predicted molar refractivity (Wildman–Crippen MR) is 306 cm³/mol. The number of aliphatic hydroxyl groups is 1. The Bertz CT molecular complexity index is 2180. The molecule has 6 fully saturated rings. The largest absolute Gasteiger partial charge is 0.469 e. The molecule has 1 heterocycles. The van der Waals surface area contributed by atoms with Crippen molar-refractivity contribution in [3.63, 3.8) is 0 Å². The summed E-state index contributed by atoms with van der Waals surface area (Å²) in [5, 5.41) is 17.6. The number of fused-ring (bicyclic) bond motifs is 7. The molecule has 6 aliphatic rings. The highest BCUT2D eigenvalue weighted by Crippen LogP contribution is 2.77. The van der Waals surface area contributed by atoms with Gasteiger partial charge in [-0.2, -0.15) is 0 Å². The molecule has 1 saturated heterocycles. The molecule has 5 aliphatic carbocycles. The predicted octanol–water partition coefficient (Wildman–Crippen LogP) is 8.86. The second-order valence-electron chi connectivity index (χ2n) is 28.2. The molecule has 448 valence electrons. The molecule has 0 aromatic rings. The van der Waals surface area contributed by atoms with Gasteiger partial charge in [-0.05, 0) is 166 Å². The quantitative estimate of drug-likeness (QED) is 0.0481. The number of likely N-dealkylation sites (tertiary alicyclic amines) is 1. The fourth-order valence-electron chi connectivity index (χ4n) is 18.5. The Labute approximate surface area is 470 Å². The maximum absolute atomic E-state index is 14.6. The van der Waals surface area contributed by atoms with E-state index in [4.69, 9.17) is 20.6 Å². The van der Waals surface area contributed by atoms with E-state index in [9.17, 15) is 38.6 Å². The third-order valence-electron chi connectivity index (χ3n) is 23.1. The number of hydrogen-bond acceptors (Lipinski definition) is 10. The summed E-state index contributed by atoms with van der Waals surface area (Å²) in [7, 11) is 3.89. The Balaban J connectivity index is 1.16. The molecule has 3 unspecified atom stereocenters. The van der Waals surface area contributed by atoms with Crippen molar-refractivity contribution in [3.8, 4) is 0 Å². The number of amides is 4. The van der Waals surface area contributed by atoms with Gasteiger partial charge in [0.25, 0.3) is 0 Å². The maximum atomic E-state index is 14.6. The average Bonchev–Trinajstić information content (AvgIpc) is 3.96. The molecule has 16 nitrogen and oxygen atoms in total. The lowest BCUT2D eigenvalue weighted by molar-refractivity contribution is -0.249. The van der Waals surface area contributed by atoms with Gasteiger partial charge in [0.05, 0.1) is 55.4 Å². The highest BCUT2D eigenvalue weighted by molar-refractivity contribution is 7.46. The standard InChI is InChI=1S/C61H108N5O11P/c1-19-38(6)52(65(16)56(71)50(36(2)3)63-55(70)51(37(4)5)64(14)15)44(75-17)33-48(68)66-32-20-21-43(66)53(76-18)40(8)54(69)62-34-39(7)41-24-29-61(35-77-78(72,73)74)31-30-59(12)42(49(41)61)22-23-46-58(11)27-26-47(67)57(9,10)45(58)25-28-60(46,59)13/h36-38,40-47,49-53,67H,7,19-35H2,1-6,8-18H3,(H,62,69)(H,63,70)(H2,72,73,74)/t38-,40+,41-,42?,43?,44+,45-,46?,47-,49+,50-,51-,52-,53+,58-,59+,60+,61+/m0/s1. The van der Waals surface area contributed by atoms with Gasteiger partial charge in [-0.15, -0.1) is 0 Å². The van der Waals surface area contributed by atoms with Crippen molar-refractivity contribution in [1.82, 2.24) is 25.3 Å². The summed E-state index contributed by atoms with van der Waals surface area (Å²) in [6, 6.07) is -2.05. The van der Waals surface area contributed by atoms with Crippen LogP contribution in [0.25, 0.3) is 0 Å². The second-order valence-corrected chi connectivity index (χ2v) is 29.4. The van der Waals surface area contributed by atoms with Crippen molar-refractivity contribution in [1.29, 1.82) is 0 Å². The molecule has 18 atom stereocenters. The number of nitrogens with one attached hydrogen (secondary N) is 2. The molecule has 6 rings (SSSR count). The number of carbonyl (C=O) groups is 4. The van der Waals surface area contributed by atoms with E-state index in [0.717, 1.165) is 82.6 Å². The molecule has 17 heteroatoms. The summed E-state index contributed by atoms with van der Waals surface area (Å²) >= 11 is 0. The summed E-state index contributed by atoms with van der Waals surface area (Å²) in [6.07, 6.45) is 10.00. The fraction of sp³-hybridized carbons (Fsp3) is 0.902. The van der Waals surface area contributed by atoms with Crippen LogP contribution in [-0.4, -0.2) is 151 Å². The number of methoxy groups -OCH3 is 2. The van der Waals surface area contributed by atoms with E-state index in [1.165, 1.54) is 0 Å². The summed E-state index contributed by atoms with van der Waals surface area (Å²) in [6.45, 7) is 31.3. The molecular weight excluding hydrogens is 1010 g/mol. The Hall–Kier alpha value is -2.43. The van der Waals surface area contributed by atoms with Gasteiger partial charge >= 0.3 is 7.82 Å². The number of ether oxygens (including phenoxy) is 2. The summed E-state index contributed by atoms with van der Waals surface area (Å²) in [4.78, 5) is 82.7. The van der Waals surface area contributed by atoms with E-state index >= 15 is 0 Å². The summed E-state index contributed by atoms with van der Waals surface area (Å²) < 4.78 is 30.2. The number of aliphatic hydroxyl groups excluding tert-OH is 1. The van der Waals surface area contributed by atoms with E-state index in [1.807, 2.05) is 58.5 Å². The van der Waals surface area contributed by atoms with Gasteiger partial charge in [-0.25, -0.2) is 4.57 Å². The third kappa shape index (κ3) is 12.2. The van der Waals surface area contributed by atoms with Gasteiger partial charge in [0.1, 0.15) is 6.04 Å².